The van der Waals surface area contributed by atoms with E-state index in [1.807, 2.05) is 13.1 Å². The second-order valence-electron chi connectivity index (χ2n) is 3.94. The molecule has 0 bridgehead atoms. The Morgan fingerprint density at radius 2 is 2.06 bits per heavy atom. The van der Waals surface area contributed by atoms with E-state index >= 15 is 0 Å². The zero-order chi connectivity index (χ0) is 11.6. The van der Waals surface area contributed by atoms with E-state index in [0.717, 1.165) is 13.0 Å². The van der Waals surface area contributed by atoms with Crippen molar-refractivity contribution >= 4 is 6.08 Å². The van der Waals surface area contributed by atoms with Crippen LogP contribution in [0, 0.1) is 0 Å². The summed E-state index contributed by atoms with van der Waals surface area (Å²) < 4.78 is 0. The highest BCUT2D eigenvalue weighted by Gasteiger charge is 1.93. The van der Waals surface area contributed by atoms with Gasteiger partial charge in [0, 0.05) is 6.54 Å². The predicted octanol–water partition coefficient (Wildman–Crippen LogP) is 3.63. The van der Waals surface area contributed by atoms with Gasteiger partial charge < -0.3 is 5.32 Å². The quantitative estimate of drug-likeness (QED) is 0.714. The standard InChI is InChI=1S/C15H21N/c1-3-4-8-15(13-16-2)12-11-14-9-6-5-7-10-14/h5-7,9-11,16H,3-4,8,13H2,1-2H3. The molecule has 0 saturated heterocycles. The topological polar surface area (TPSA) is 12.0 Å². The van der Waals surface area contributed by atoms with Crippen LogP contribution in [0.15, 0.2) is 41.6 Å². The number of rotatable bonds is 6. The fraction of sp³-hybridized carbons (Fsp3) is 0.400. The fourth-order valence-corrected chi connectivity index (χ4v) is 1.55. The maximum absolute atomic E-state index is 3.40. The van der Waals surface area contributed by atoms with Crippen molar-refractivity contribution in [1.29, 1.82) is 0 Å². The minimum Gasteiger partial charge on any atom is -0.315 e. The Balaban J connectivity index is 2.72. The molecular weight excluding hydrogens is 194 g/mol. The molecule has 0 amide bonds. The Bertz CT molecular complexity index is 345. The van der Waals surface area contributed by atoms with Crippen molar-refractivity contribution < 1.29 is 0 Å². The summed E-state index contributed by atoms with van der Waals surface area (Å²) in [7, 11) is 1.98. The van der Waals surface area contributed by atoms with Gasteiger partial charge >= 0.3 is 0 Å². The molecule has 0 heterocycles. The van der Waals surface area contributed by atoms with Crippen LogP contribution >= 0.6 is 0 Å². The van der Waals surface area contributed by atoms with Gasteiger partial charge in [0.15, 0.2) is 0 Å². The molecule has 1 aromatic carbocycles. The molecule has 1 heteroatoms. The van der Waals surface area contributed by atoms with Crippen LogP contribution in [0.3, 0.4) is 0 Å². The van der Waals surface area contributed by atoms with Crippen LogP contribution in [0.1, 0.15) is 31.7 Å². The Hall–Kier alpha value is -1.30. The average Bonchev–Trinajstić information content (AvgIpc) is 2.34. The van der Waals surface area contributed by atoms with Gasteiger partial charge in [-0.2, -0.15) is 0 Å². The normalized spacial score (nSPS) is 9.62. The maximum atomic E-state index is 3.40. The SMILES string of the molecule is CCCCC(=C=Cc1ccccc1)CNC. The second-order valence-corrected chi connectivity index (χ2v) is 3.94. The van der Waals surface area contributed by atoms with Gasteiger partial charge in [-0.3, -0.25) is 0 Å². The molecule has 0 aliphatic heterocycles. The van der Waals surface area contributed by atoms with E-state index in [9.17, 15) is 0 Å². The largest absolute Gasteiger partial charge is 0.315 e. The molecule has 0 radical (unpaired) electrons. The summed E-state index contributed by atoms with van der Waals surface area (Å²) in [5, 5.41) is 3.19. The second kappa shape index (κ2) is 7.92. The molecule has 0 unspecified atom stereocenters. The molecule has 0 aromatic heterocycles. The van der Waals surface area contributed by atoms with Crippen molar-refractivity contribution in [3.63, 3.8) is 0 Å². The molecule has 0 fully saturated rings. The average molecular weight is 215 g/mol. The number of unbranched alkanes of at least 4 members (excludes halogenated alkanes) is 1. The molecule has 0 spiro atoms. The smallest absolute Gasteiger partial charge is 0.0237 e. The highest BCUT2D eigenvalue weighted by atomic mass is 14.8. The monoisotopic (exact) mass is 215 g/mol. The first-order valence-corrected chi connectivity index (χ1v) is 6.01. The molecule has 16 heavy (non-hydrogen) atoms. The van der Waals surface area contributed by atoms with Crippen LogP contribution in [0.2, 0.25) is 0 Å². The number of benzene rings is 1. The minimum atomic E-state index is 0.934. The van der Waals surface area contributed by atoms with Crippen LogP contribution in [0.25, 0.3) is 6.08 Å². The van der Waals surface area contributed by atoms with Gasteiger partial charge in [-0.15, -0.1) is 5.73 Å². The third-order valence-electron chi connectivity index (χ3n) is 2.46. The molecule has 1 nitrogen and oxygen atoms in total. The summed E-state index contributed by atoms with van der Waals surface area (Å²) in [6, 6.07) is 10.3. The lowest BCUT2D eigenvalue weighted by Crippen LogP contribution is -2.09. The van der Waals surface area contributed by atoms with Gasteiger partial charge in [-0.1, -0.05) is 43.7 Å². The van der Waals surface area contributed by atoms with Crippen molar-refractivity contribution in [3.05, 3.63) is 47.2 Å². The first kappa shape index (κ1) is 12.8. The van der Waals surface area contributed by atoms with Gasteiger partial charge in [-0.05, 0) is 37.1 Å². The Labute approximate surface area is 98.9 Å². The van der Waals surface area contributed by atoms with E-state index < -0.39 is 0 Å². The number of likely N-dealkylation sites (N-methyl/N-ethyl adjacent to an activating group) is 1. The summed E-state index contributed by atoms with van der Waals surface area (Å²) >= 11 is 0. The van der Waals surface area contributed by atoms with Gasteiger partial charge in [0.2, 0.25) is 0 Å². The number of nitrogens with one attached hydrogen (secondary N) is 1. The molecule has 0 aliphatic carbocycles. The van der Waals surface area contributed by atoms with E-state index in [1.165, 1.54) is 24.0 Å². The zero-order valence-corrected chi connectivity index (χ0v) is 10.3. The van der Waals surface area contributed by atoms with Crippen LogP contribution in [-0.2, 0) is 0 Å². The van der Waals surface area contributed by atoms with E-state index in [2.05, 4.69) is 48.3 Å². The summed E-state index contributed by atoms with van der Waals surface area (Å²) in [6.45, 7) is 3.15. The first-order valence-electron chi connectivity index (χ1n) is 6.01. The highest BCUT2D eigenvalue weighted by Crippen LogP contribution is 2.06. The molecule has 0 saturated carbocycles. The van der Waals surface area contributed by atoms with E-state index in [0.29, 0.717) is 0 Å². The van der Waals surface area contributed by atoms with Crippen molar-refractivity contribution in [2.75, 3.05) is 13.6 Å². The zero-order valence-electron chi connectivity index (χ0n) is 10.3. The van der Waals surface area contributed by atoms with Crippen molar-refractivity contribution in [2.24, 2.45) is 0 Å². The molecule has 86 valence electrons. The fourth-order valence-electron chi connectivity index (χ4n) is 1.55. The Morgan fingerprint density at radius 3 is 2.69 bits per heavy atom. The van der Waals surface area contributed by atoms with Crippen LogP contribution in [0.4, 0.5) is 0 Å². The molecular formula is C15H21N. The number of hydrogen-bond donors (Lipinski definition) is 1. The van der Waals surface area contributed by atoms with E-state index in [4.69, 9.17) is 0 Å². The lowest BCUT2D eigenvalue weighted by Gasteiger charge is -2.02. The lowest BCUT2D eigenvalue weighted by atomic mass is 10.1. The van der Waals surface area contributed by atoms with Gasteiger partial charge in [0.25, 0.3) is 0 Å². The molecule has 1 aromatic rings. The number of hydrogen-bond acceptors (Lipinski definition) is 1. The van der Waals surface area contributed by atoms with Crippen molar-refractivity contribution in [2.45, 2.75) is 26.2 Å². The van der Waals surface area contributed by atoms with Crippen LogP contribution in [-0.4, -0.2) is 13.6 Å². The highest BCUT2D eigenvalue weighted by molar-refractivity contribution is 5.48. The summed E-state index contributed by atoms with van der Waals surface area (Å²) in [6.07, 6.45) is 5.69. The Kier molecular flexibility index (Phi) is 6.32. The minimum absolute atomic E-state index is 0.934. The van der Waals surface area contributed by atoms with Gasteiger partial charge in [0.05, 0.1) is 0 Å². The molecule has 0 aliphatic rings. The third-order valence-corrected chi connectivity index (χ3v) is 2.46. The predicted molar refractivity (Wildman–Crippen MR) is 71.4 cm³/mol. The first-order chi connectivity index (χ1) is 7.86. The lowest BCUT2D eigenvalue weighted by molar-refractivity contribution is 0.746. The Morgan fingerprint density at radius 1 is 1.31 bits per heavy atom. The van der Waals surface area contributed by atoms with Crippen LogP contribution < -0.4 is 5.32 Å². The van der Waals surface area contributed by atoms with E-state index in [1.54, 1.807) is 0 Å². The van der Waals surface area contributed by atoms with Gasteiger partial charge in [-0.25, -0.2) is 0 Å². The maximum Gasteiger partial charge on any atom is 0.0237 e. The summed E-state index contributed by atoms with van der Waals surface area (Å²) in [5.74, 6) is 0. The summed E-state index contributed by atoms with van der Waals surface area (Å²) in [5.41, 5.74) is 5.97. The van der Waals surface area contributed by atoms with Crippen LogP contribution in [0.5, 0.6) is 0 Å². The molecule has 0 atom stereocenters. The van der Waals surface area contributed by atoms with Gasteiger partial charge in [0.1, 0.15) is 0 Å². The molecule has 1 rings (SSSR count). The van der Waals surface area contributed by atoms with Crippen molar-refractivity contribution in [1.82, 2.24) is 5.32 Å². The summed E-state index contributed by atoms with van der Waals surface area (Å²) in [4.78, 5) is 0. The third kappa shape index (κ3) is 4.97. The van der Waals surface area contributed by atoms with E-state index in [-0.39, 0.29) is 0 Å². The molecule has 1 N–H and O–H groups in total. The van der Waals surface area contributed by atoms with Crippen molar-refractivity contribution in [3.8, 4) is 0 Å².